The monoisotopic (exact) mass is 398 g/mol. The maximum Gasteiger partial charge on any atom is 0.325 e. The Labute approximate surface area is 170 Å². The van der Waals surface area contributed by atoms with Gasteiger partial charge in [-0.25, -0.2) is 0 Å². The molecular weight excluding hydrogens is 372 g/mol. The van der Waals surface area contributed by atoms with Crippen molar-refractivity contribution in [2.24, 2.45) is 0 Å². The summed E-state index contributed by atoms with van der Waals surface area (Å²) in [5.41, 5.74) is 3.00. The molecule has 0 aromatic heterocycles. The zero-order valence-electron chi connectivity index (χ0n) is 16.9. The number of carbonyl (C=O) groups is 3. The molecule has 0 unspecified atom stereocenters. The molecule has 0 saturated carbocycles. The Kier molecular flexibility index (Phi) is 8.21. The molecule has 2 aromatic rings. The molecule has 0 spiro atoms. The fourth-order valence-corrected chi connectivity index (χ4v) is 2.76. The number of esters is 1. The summed E-state index contributed by atoms with van der Waals surface area (Å²) in [5, 5.41) is 5.25. The predicted octanol–water partition coefficient (Wildman–Crippen LogP) is 2.87. The summed E-state index contributed by atoms with van der Waals surface area (Å²) in [5.74, 6) is -1.16. The van der Waals surface area contributed by atoms with Gasteiger partial charge in [-0.1, -0.05) is 37.3 Å². The van der Waals surface area contributed by atoms with Gasteiger partial charge in [-0.15, -0.1) is 0 Å². The van der Waals surface area contributed by atoms with Gasteiger partial charge in [-0.2, -0.15) is 0 Å². The van der Waals surface area contributed by atoms with Gasteiger partial charge >= 0.3 is 5.97 Å². The maximum absolute atomic E-state index is 12.3. The minimum absolute atomic E-state index is 0.326. The number of aryl methyl sites for hydroxylation is 2. The second-order valence-corrected chi connectivity index (χ2v) is 6.28. The lowest BCUT2D eigenvalue weighted by Crippen LogP contribution is -2.32. The molecule has 2 amide bonds. The molecule has 29 heavy (non-hydrogen) atoms. The molecule has 7 nitrogen and oxygen atoms in total. The van der Waals surface area contributed by atoms with Crippen molar-refractivity contribution in [3.8, 4) is 5.75 Å². The number of para-hydroxylation sites is 2. The number of hydrogen-bond donors (Lipinski definition) is 2. The Hall–Kier alpha value is -3.35. The summed E-state index contributed by atoms with van der Waals surface area (Å²) in [6, 6.07) is 12.5. The van der Waals surface area contributed by atoms with E-state index in [0.29, 0.717) is 17.9 Å². The molecule has 0 aliphatic rings. The molecule has 0 fully saturated rings. The quantitative estimate of drug-likeness (QED) is 0.634. The summed E-state index contributed by atoms with van der Waals surface area (Å²) >= 11 is 0. The molecule has 2 N–H and O–H groups in total. The number of nitrogens with one attached hydrogen (secondary N) is 2. The topological polar surface area (TPSA) is 93.7 Å². The molecule has 154 valence electrons. The molecule has 0 aliphatic heterocycles. The van der Waals surface area contributed by atoms with Crippen molar-refractivity contribution < 1.29 is 23.9 Å². The van der Waals surface area contributed by atoms with Gasteiger partial charge in [-0.3, -0.25) is 14.4 Å². The lowest BCUT2D eigenvalue weighted by Gasteiger charge is -2.13. The van der Waals surface area contributed by atoms with Gasteiger partial charge in [0.15, 0.2) is 6.61 Å². The van der Waals surface area contributed by atoms with Crippen LogP contribution in [-0.4, -0.2) is 37.5 Å². The van der Waals surface area contributed by atoms with Crippen molar-refractivity contribution in [3.05, 3.63) is 59.2 Å². The fourth-order valence-electron chi connectivity index (χ4n) is 2.76. The van der Waals surface area contributed by atoms with Crippen LogP contribution in [0.25, 0.3) is 0 Å². The molecular formula is C22H26N2O5. The van der Waals surface area contributed by atoms with Crippen molar-refractivity contribution in [2.45, 2.75) is 27.2 Å². The van der Waals surface area contributed by atoms with Crippen molar-refractivity contribution in [2.75, 3.05) is 25.1 Å². The first-order valence-electron chi connectivity index (χ1n) is 9.50. The number of amides is 2. The van der Waals surface area contributed by atoms with Crippen LogP contribution in [0.5, 0.6) is 5.75 Å². The normalized spacial score (nSPS) is 10.2. The van der Waals surface area contributed by atoms with Crippen molar-refractivity contribution in [3.63, 3.8) is 0 Å². The van der Waals surface area contributed by atoms with E-state index in [0.717, 1.165) is 23.2 Å². The van der Waals surface area contributed by atoms with Gasteiger partial charge in [0, 0.05) is 5.69 Å². The van der Waals surface area contributed by atoms with E-state index < -0.39 is 24.4 Å². The maximum atomic E-state index is 12.3. The van der Waals surface area contributed by atoms with E-state index in [1.807, 2.05) is 39.0 Å². The number of rotatable bonds is 9. The molecule has 0 saturated heterocycles. The Morgan fingerprint density at radius 3 is 2.48 bits per heavy atom. The second kappa shape index (κ2) is 10.8. The average molecular weight is 398 g/mol. The van der Waals surface area contributed by atoms with Crippen molar-refractivity contribution in [1.29, 1.82) is 0 Å². The SMILES string of the molecule is CCOc1ccccc1C(=O)NCC(=O)OCC(=O)Nc1c(C)cccc1CC. The zero-order valence-corrected chi connectivity index (χ0v) is 16.9. The fraction of sp³-hybridized carbons (Fsp3) is 0.318. The summed E-state index contributed by atoms with van der Waals surface area (Å²) in [7, 11) is 0. The van der Waals surface area contributed by atoms with Crippen LogP contribution in [0.4, 0.5) is 5.69 Å². The van der Waals surface area contributed by atoms with Gasteiger partial charge in [0.2, 0.25) is 0 Å². The average Bonchev–Trinajstić information content (AvgIpc) is 2.72. The van der Waals surface area contributed by atoms with Crippen LogP contribution >= 0.6 is 0 Å². The third-order valence-electron chi connectivity index (χ3n) is 4.19. The van der Waals surface area contributed by atoms with E-state index in [-0.39, 0.29) is 6.54 Å². The highest BCUT2D eigenvalue weighted by Gasteiger charge is 2.15. The Morgan fingerprint density at radius 1 is 1.00 bits per heavy atom. The molecule has 0 heterocycles. The van der Waals surface area contributed by atoms with Gasteiger partial charge in [0.05, 0.1) is 12.2 Å². The summed E-state index contributed by atoms with van der Waals surface area (Å²) in [6.07, 6.45) is 0.770. The molecule has 0 bridgehead atoms. The van der Waals surface area contributed by atoms with E-state index in [1.165, 1.54) is 0 Å². The van der Waals surface area contributed by atoms with Gasteiger partial charge in [-0.05, 0) is 43.5 Å². The molecule has 2 rings (SSSR count). The molecule has 7 heteroatoms. The molecule has 0 aliphatic carbocycles. The van der Waals surface area contributed by atoms with E-state index in [1.54, 1.807) is 24.3 Å². The number of hydrogen-bond acceptors (Lipinski definition) is 5. The highest BCUT2D eigenvalue weighted by Crippen LogP contribution is 2.21. The number of carbonyl (C=O) groups excluding carboxylic acids is 3. The third kappa shape index (κ3) is 6.34. The first-order valence-corrected chi connectivity index (χ1v) is 9.50. The van der Waals surface area contributed by atoms with Gasteiger partial charge in [0.25, 0.3) is 11.8 Å². The first-order chi connectivity index (χ1) is 14.0. The largest absolute Gasteiger partial charge is 0.493 e. The molecule has 2 aromatic carbocycles. The minimum atomic E-state index is -0.706. The highest BCUT2D eigenvalue weighted by atomic mass is 16.5. The van der Waals surface area contributed by atoms with Crippen LogP contribution in [-0.2, 0) is 20.7 Å². The van der Waals surface area contributed by atoms with E-state index in [9.17, 15) is 14.4 Å². The Balaban J connectivity index is 1.83. The van der Waals surface area contributed by atoms with Crippen LogP contribution in [0.1, 0.15) is 35.3 Å². The number of anilines is 1. The minimum Gasteiger partial charge on any atom is -0.493 e. The lowest BCUT2D eigenvalue weighted by molar-refractivity contribution is -0.146. The van der Waals surface area contributed by atoms with Crippen molar-refractivity contribution in [1.82, 2.24) is 5.32 Å². The summed E-state index contributed by atoms with van der Waals surface area (Å²) in [6.45, 7) is 5.35. The number of benzene rings is 2. The zero-order chi connectivity index (χ0) is 21.2. The Bertz CT molecular complexity index is 879. The van der Waals surface area contributed by atoms with Crippen LogP contribution < -0.4 is 15.4 Å². The van der Waals surface area contributed by atoms with Crippen LogP contribution in [0.3, 0.4) is 0 Å². The highest BCUT2D eigenvalue weighted by molar-refractivity contribution is 5.98. The predicted molar refractivity (Wildman–Crippen MR) is 110 cm³/mol. The Morgan fingerprint density at radius 2 is 1.76 bits per heavy atom. The first kappa shape index (κ1) is 21.9. The lowest BCUT2D eigenvalue weighted by atomic mass is 10.1. The van der Waals surface area contributed by atoms with E-state index in [4.69, 9.17) is 9.47 Å². The molecule has 0 radical (unpaired) electrons. The standard InChI is InChI=1S/C22H26N2O5/c1-4-16-10-8-9-15(3)21(16)24-19(25)14-29-20(26)13-23-22(27)17-11-6-7-12-18(17)28-5-2/h6-12H,4-5,13-14H2,1-3H3,(H,23,27)(H,24,25). The third-order valence-corrected chi connectivity index (χ3v) is 4.19. The van der Waals surface area contributed by atoms with Crippen LogP contribution in [0.15, 0.2) is 42.5 Å². The molecule has 0 atom stereocenters. The van der Waals surface area contributed by atoms with Crippen LogP contribution in [0.2, 0.25) is 0 Å². The van der Waals surface area contributed by atoms with E-state index >= 15 is 0 Å². The van der Waals surface area contributed by atoms with E-state index in [2.05, 4.69) is 10.6 Å². The summed E-state index contributed by atoms with van der Waals surface area (Å²) in [4.78, 5) is 36.3. The van der Waals surface area contributed by atoms with Gasteiger partial charge in [0.1, 0.15) is 12.3 Å². The second-order valence-electron chi connectivity index (χ2n) is 6.28. The number of ether oxygens (including phenoxy) is 2. The van der Waals surface area contributed by atoms with Crippen molar-refractivity contribution >= 4 is 23.5 Å². The van der Waals surface area contributed by atoms with Crippen LogP contribution in [0, 0.1) is 6.92 Å². The summed E-state index contributed by atoms with van der Waals surface area (Å²) < 4.78 is 10.4. The smallest absolute Gasteiger partial charge is 0.325 e. The van der Waals surface area contributed by atoms with Gasteiger partial charge < -0.3 is 20.1 Å².